The molecule has 0 fully saturated rings. The molecule has 0 unspecified atom stereocenters. The summed E-state index contributed by atoms with van der Waals surface area (Å²) >= 11 is 0. The molecule has 0 radical (unpaired) electrons. The highest BCUT2D eigenvalue weighted by molar-refractivity contribution is 6.20. The maximum absolute atomic E-state index is 5.09. The van der Waals surface area contributed by atoms with Crippen molar-refractivity contribution in [3.8, 4) is 16.8 Å². The van der Waals surface area contributed by atoms with Gasteiger partial charge in [0.05, 0.1) is 39.3 Å². The Kier molecular flexibility index (Phi) is 3.92. The third-order valence-electron chi connectivity index (χ3n) is 8.81. The predicted molar refractivity (Wildman–Crippen MR) is 166 cm³/mol. The lowest BCUT2D eigenvalue weighted by Gasteiger charge is -2.11. The lowest BCUT2D eigenvalue weighted by atomic mass is 9.97. The van der Waals surface area contributed by atoms with Gasteiger partial charge >= 0.3 is 0 Å². The highest BCUT2D eigenvalue weighted by atomic mass is 15.0. The number of aromatic nitrogens is 5. The van der Waals surface area contributed by atoms with E-state index in [4.69, 9.17) is 9.97 Å². The van der Waals surface area contributed by atoms with Crippen molar-refractivity contribution in [3.05, 3.63) is 127 Å². The average Bonchev–Trinajstić information content (AvgIpc) is 3.70. The second kappa shape index (κ2) is 7.55. The fourth-order valence-corrected chi connectivity index (χ4v) is 7.16. The summed E-state index contributed by atoms with van der Waals surface area (Å²) in [4.78, 5) is 14.4. The van der Waals surface area contributed by atoms with Crippen LogP contribution < -0.4 is 0 Å². The van der Waals surface area contributed by atoms with Crippen LogP contribution in [0.2, 0.25) is 0 Å². The number of hydrogen-bond acceptors (Lipinski definition) is 3. The Balaban J connectivity index is 1.36. The molecule has 190 valence electrons. The quantitative estimate of drug-likeness (QED) is 0.204. The van der Waals surface area contributed by atoms with Crippen molar-refractivity contribution in [2.45, 2.75) is 6.42 Å². The van der Waals surface area contributed by atoms with E-state index in [9.17, 15) is 0 Å². The van der Waals surface area contributed by atoms with Gasteiger partial charge in [0.1, 0.15) is 5.65 Å². The number of para-hydroxylation sites is 2. The van der Waals surface area contributed by atoms with Crippen LogP contribution >= 0.6 is 0 Å². The molecular weight excluding hydrogens is 502 g/mol. The van der Waals surface area contributed by atoms with Gasteiger partial charge in [0.2, 0.25) is 0 Å². The summed E-state index contributed by atoms with van der Waals surface area (Å²) in [5, 5.41) is 4.85. The lowest BCUT2D eigenvalue weighted by molar-refractivity contribution is 1.18. The van der Waals surface area contributed by atoms with Crippen molar-refractivity contribution < 1.29 is 0 Å². The van der Waals surface area contributed by atoms with Gasteiger partial charge < -0.3 is 4.57 Å². The fourth-order valence-electron chi connectivity index (χ4n) is 7.16. The summed E-state index contributed by atoms with van der Waals surface area (Å²) < 4.78 is 4.61. The Morgan fingerprint density at radius 2 is 1.51 bits per heavy atom. The third-order valence-corrected chi connectivity index (χ3v) is 8.81. The number of hydrogen-bond donors (Lipinski definition) is 0. The predicted octanol–water partition coefficient (Wildman–Crippen LogP) is 8.25. The number of fused-ring (bicyclic) bond motifs is 15. The molecule has 10 rings (SSSR count). The fraction of sp³-hybridized carbons (Fsp3) is 0.0278. The molecule has 0 saturated carbocycles. The van der Waals surface area contributed by atoms with Gasteiger partial charge in [0.25, 0.3) is 0 Å². The topological polar surface area (TPSA) is 48.0 Å². The van der Waals surface area contributed by atoms with E-state index in [1.807, 2.05) is 30.7 Å². The smallest absolute Gasteiger partial charge is 0.146 e. The molecule has 0 amide bonds. The van der Waals surface area contributed by atoms with E-state index in [1.54, 1.807) is 0 Å². The van der Waals surface area contributed by atoms with Crippen molar-refractivity contribution in [1.29, 1.82) is 0 Å². The van der Waals surface area contributed by atoms with E-state index in [0.29, 0.717) is 0 Å². The second-order valence-electron chi connectivity index (χ2n) is 10.9. The number of benzene rings is 4. The molecule has 4 aromatic carbocycles. The van der Waals surface area contributed by atoms with Crippen LogP contribution in [0.25, 0.3) is 77.1 Å². The van der Waals surface area contributed by atoms with Crippen molar-refractivity contribution in [2.75, 3.05) is 0 Å². The van der Waals surface area contributed by atoms with Crippen molar-refractivity contribution in [1.82, 2.24) is 23.9 Å². The Morgan fingerprint density at radius 1 is 0.634 bits per heavy atom. The molecule has 0 saturated heterocycles. The van der Waals surface area contributed by atoms with Gasteiger partial charge in [-0.3, -0.25) is 14.4 Å². The molecule has 1 aliphatic carbocycles. The molecule has 5 heterocycles. The Hall–Kier alpha value is -5.55. The Morgan fingerprint density at radius 3 is 2.46 bits per heavy atom. The molecule has 0 atom stereocenters. The Labute approximate surface area is 234 Å². The molecule has 0 N–H and O–H groups in total. The molecule has 1 aliphatic rings. The maximum Gasteiger partial charge on any atom is 0.146 e. The van der Waals surface area contributed by atoms with E-state index in [2.05, 4.69) is 98.9 Å². The van der Waals surface area contributed by atoms with E-state index in [1.165, 1.54) is 49.7 Å². The molecule has 5 aromatic heterocycles. The average molecular weight is 524 g/mol. The van der Waals surface area contributed by atoms with E-state index < -0.39 is 0 Å². The second-order valence-corrected chi connectivity index (χ2v) is 10.9. The van der Waals surface area contributed by atoms with Crippen molar-refractivity contribution >= 4 is 60.3 Å². The summed E-state index contributed by atoms with van der Waals surface area (Å²) in [6, 6.07) is 34.9. The van der Waals surface area contributed by atoms with Crippen LogP contribution in [-0.2, 0) is 6.42 Å². The summed E-state index contributed by atoms with van der Waals surface area (Å²) in [5.41, 5.74) is 13.9. The monoisotopic (exact) mass is 523 g/mol. The minimum absolute atomic E-state index is 0.898. The number of nitrogens with zero attached hydrogens (tertiary/aromatic N) is 5. The van der Waals surface area contributed by atoms with Gasteiger partial charge in [-0.05, 0) is 83.3 Å². The molecule has 9 aromatic rings. The number of pyridine rings is 3. The standard InChI is InChI=1S/C36H21N5/c1-2-7-23(8-3-1)40-29-10-5-4-9-24(29)34-30(40)13-12-21-17-22-18-27-26(19-25(22)33(21)34)35-31(11-6-15-38-35)41-32-20-37-16-14-28(32)39-36(27)41/h1-16,18-20H,17H2. The first kappa shape index (κ1) is 21.3. The molecule has 5 heteroatoms. The third kappa shape index (κ3) is 2.68. The molecule has 0 aliphatic heterocycles. The Bertz CT molecular complexity index is 2550. The SMILES string of the molecule is c1ccc(-n2c3ccccc3c3c4c(ccc32)Cc2cc3c(cc2-4)c2ncccc2n2c4cnccc4nc32)cc1. The zero-order valence-electron chi connectivity index (χ0n) is 21.9. The molecule has 41 heavy (non-hydrogen) atoms. The largest absolute Gasteiger partial charge is 0.309 e. The first-order chi connectivity index (χ1) is 20.3. The van der Waals surface area contributed by atoms with Gasteiger partial charge in [-0.15, -0.1) is 0 Å². The summed E-state index contributed by atoms with van der Waals surface area (Å²) in [6.45, 7) is 0. The maximum atomic E-state index is 5.09. The van der Waals surface area contributed by atoms with Crippen molar-refractivity contribution in [2.24, 2.45) is 0 Å². The zero-order valence-corrected chi connectivity index (χ0v) is 21.9. The van der Waals surface area contributed by atoms with Gasteiger partial charge in [-0.25, -0.2) is 4.98 Å². The minimum atomic E-state index is 0.898. The van der Waals surface area contributed by atoms with Crippen LogP contribution in [0.15, 0.2) is 116 Å². The van der Waals surface area contributed by atoms with E-state index >= 15 is 0 Å². The minimum Gasteiger partial charge on any atom is -0.309 e. The van der Waals surface area contributed by atoms with Gasteiger partial charge in [-0.1, -0.05) is 42.5 Å². The van der Waals surface area contributed by atoms with E-state index in [-0.39, 0.29) is 0 Å². The molecule has 5 nitrogen and oxygen atoms in total. The van der Waals surface area contributed by atoms with Crippen LogP contribution in [0.4, 0.5) is 0 Å². The van der Waals surface area contributed by atoms with Crippen LogP contribution in [0.1, 0.15) is 11.1 Å². The number of rotatable bonds is 1. The number of imidazole rings is 1. The summed E-state index contributed by atoms with van der Waals surface area (Å²) in [6.07, 6.45) is 6.49. The van der Waals surface area contributed by atoms with Crippen LogP contribution in [0, 0.1) is 0 Å². The van der Waals surface area contributed by atoms with E-state index in [0.717, 1.165) is 44.9 Å². The first-order valence-electron chi connectivity index (χ1n) is 13.9. The molecular formula is C36H21N5. The van der Waals surface area contributed by atoms with Crippen LogP contribution in [0.5, 0.6) is 0 Å². The van der Waals surface area contributed by atoms with Crippen LogP contribution in [-0.4, -0.2) is 23.9 Å². The zero-order chi connectivity index (χ0) is 26.7. The van der Waals surface area contributed by atoms with Gasteiger partial charge in [0.15, 0.2) is 0 Å². The normalized spacial score (nSPS) is 12.8. The highest BCUT2D eigenvalue weighted by Gasteiger charge is 2.27. The lowest BCUT2D eigenvalue weighted by Crippen LogP contribution is -1.94. The first-order valence-corrected chi connectivity index (χ1v) is 13.9. The highest BCUT2D eigenvalue weighted by Crippen LogP contribution is 2.47. The molecule has 0 bridgehead atoms. The van der Waals surface area contributed by atoms with Gasteiger partial charge in [-0.2, -0.15) is 0 Å². The van der Waals surface area contributed by atoms with Gasteiger partial charge in [0, 0.05) is 39.6 Å². The van der Waals surface area contributed by atoms with Crippen molar-refractivity contribution in [3.63, 3.8) is 0 Å². The molecule has 0 spiro atoms. The summed E-state index contributed by atoms with van der Waals surface area (Å²) in [5.74, 6) is 0. The summed E-state index contributed by atoms with van der Waals surface area (Å²) in [7, 11) is 0. The van der Waals surface area contributed by atoms with Crippen LogP contribution in [0.3, 0.4) is 0 Å².